The second-order valence-corrected chi connectivity index (χ2v) is 5.44. The van der Waals surface area contributed by atoms with Crippen LogP contribution in [0.2, 0.25) is 0 Å². The lowest BCUT2D eigenvalue weighted by Crippen LogP contribution is -2.45. The summed E-state index contributed by atoms with van der Waals surface area (Å²) < 4.78 is 0. The van der Waals surface area contributed by atoms with Gasteiger partial charge in [0.1, 0.15) is 6.04 Å². The number of aryl methyl sites for hydroxylation is 1. The fourth-order valence-corrected chi connectivity index (χ4v) is 2.61. The molecule has 0 bridgehead atoms. The molecule has 1 aromatic carbocycles. The molecule has 1 heterocycles. The number of carbonyl (C=O) groups excluding carboxylic acids is 2. The third kappa shape index (κ3) is 2.84. The van der Waals surface area contributed by atoms with Crippen molar-refractivity contribution < 1.29 is 9.59 Å². The summed E-state index contributed by atoms with van der Waals surface area (Å²) in [5.74, 6) is -0.0219. The Bertz CT molecular complexity index is 494. The van der Waals surface area contributed by atoms with Crippen molar-refractivity contribution in [1.29, 1.82) is 0 Å². The zero-order valence-corrected chi connectivity index (χ0v) is 12.4. The molecule has 1 atom stereocenters. The molecule has 2 rings (SSSR count). The molecule has 0 spiro atoms. The molecule has 20 heavy (non-hydrogen) atoms. The molecule has 1 aliphatic heterocycles. The van der Waals surface area contributed by atoms with E-state index in [2.05, 4.69) is 6.92 Å². The van der Waals surface area contributed by atoms with Crippen molar-refractivity contribution in [2.75, 3.05) is 20.6 Å². The molecule has 1 saturated heterocycles. The maximum absolute atomic E-state index is 12.5. The Hall–Kier alpha value is -1.84. The quantitative estimate of drug-likeness (QED) is 0.845. The van der Waals surface area contributed by atoms with Crippen molar-refractivity contribution in [3.05, 3.63) is 35.4 Å². The van der Waals surface area contributed by atoms with Crippen LogP contribution in [0, 0.1) is 0 Å². The third-order valence-electron chi connectivity index (χ3n) is 3.85. The molecule has 0 aliphatic carbocycles. The number of nitrogens with zero attached hydrogens (tertiary/aromatic N) is 2. The fourth-order valence-electron chi connectivity index (χ4n) is 2.61. The summed E-state index contributed by atoms with van der Waals surface area (Å²) in [4.78, 5) is 27.9. The van der Waals surface area contributed by atoms with Gasteiger partial charge in [-0.15, -0.1) is 0 Å². The number of hydrogen-bond acceptors (Lipinski definition) is 2. The van der Waals surface area contributed by atoms with Crippen LogP contribution in [0.3, 0.4) is 0 Å². The Kier molecular flexibility index (Phi) is 4.42. The maximum atomic E-state index is 12.5. The van der Waals surface area contributed by atoms with Gasteiger partial charge in [-0.05, 0) is 37.0 Å². The average molecular weight is 274 g/mol. The zero-order chi connectivity index (χ0) is 14.7. The second-order valence-electron chi connectivity index (χ2n) is 5.44. The second kappa shape index (κ2) is 6.07. The number of likely N-dealkylation sites (tertiary alicyclic amines) is 1. The maximum Gasteiger partial charge on any atom is 0.254 e. The van der Waals surface area contributed by atoms with Gasteiger partial charge in [0.25, 0.3) is 5.91 Å². The zero-order valence-electron chi connectivity index (χ0n) is 12.4. The molecule has 0 saturated carbocycles. The van der Waals surface area contributed by atoms with Gasteiger partial charge in [0, 0.05) is 26.2 Å². The highest BCUT2D eigenvalue weighted by molar-refractivity contribution is 5.97. The van der Waals surface area contributed by atoms with Crippen LogP contribution in [0.5, 0.6) is 0 Å². The minimum atomic E-state index is -0.302. The van der Waals surface area contributed by atoms with Crippen molar-refractivity contribution in [1.82, 2.24) is 9.80 Å². The number of rotatable bonds is 3. The van der Waals surface area contributed by atoms with Crippen LogP contribution in [0.1, 0.15) is 35.7 Å². The highest BCUT2D eigenvalue weighted by Crippen LogP contribution is 2.21. The number of hydrogen-bond donors (Lipinski definition) is 0. The van der Waals surface area contributed by atoms with Crippen LogP contribution in [-0.2, 0) is 11.2 Å². The fraction of sp³-hybridized carbons (Fsp3) is 0.500. The number of amides is 2. The van der Waals surface area contributed by atoms with Crippen molar-refractivity contribution in [2.24, 2.45) is 0 Å². The van der Waals surface area contributed by atoms with Crippen molar-refractivity contribution in [3.8, 4) is 0 Å². The van der Waals surface area contributed by atoms with Crippen LogP contribution < -0.4 is 0 Å². The van der Waals surface area contributed by atoms with Crippen LogP contribution in [-0.4, -0.2) is 48.3 Å². The lowest BCUT2D eigenvalue weighted by atomic mass is 10.1. The molecule has 0 radical (unpaired) electrons. The normalized spacial score (nSPS) is 18.1. The highest BCUT2D eigenvalue weighted by Gasteiger charge is 2.35. The lowest BCUT2D eigenvalue weighted by Gasteiger charge is -2.26. The van der Waals surface area contributed by atoms with Gasteiger partial charge in [-0.25, -0.2) is 0 Å². The SMILES string of the molecule is CCc1ccc(C(=O)N2CCCC2C(=O)N(C)C)cc1. The summed E-state index contributed by atoms with van der Waals surface area (Å²) in [7, 11) is 3.47. The summed E-state index contributed by atoms with van der Waals surface area (Å²) in [6.07, 6.45) is 2.61. The van der Waals surface area contributed by atoms with Gasteiger partial charge in [-0.3, -0.25) is 9.59 Å². The molecule has 0 N–H and O–H groups in total. The van der Waals surface area contributed by atoms with Crippen molar-refractivity contribution in [3.63, 3.8) is 0 Å². The van der Waals surface area contributed by atoms with Gasteiger partial charge >= 0.3 is 0 Å². The minimum Gasteiger partial charge on any atom is -0.347 e. The average Bonchev–Trinajstić information content (AvgIpc) is 2.94. The topological polar surface area (TPSA) is 40.6 Å². The summed E-state index contributed by atoms with van der Waals surface area (Å²) in [6, 6.07) is 7.37. The molecule has 1 aromatic rings. The van der Waals surface area contributed by atoms with E-state index in [1.54, 1.807) is 23.9 Å². The van der Waals surface area contributed by atoms with E-state index in [9.17, 15) is 9.59 Å². The summed E-state index contributed by atoms with van der Waals surface area (Å²) in [5, 5.41) is 0. The molecule has 0 aromatic heterocycles. The Morgan fingerprint density at radius 1 is 1.25 bits per heavy atom. The Morgan fingerprint density at radius 3 is 2.45 bits per heavy atom. The summed E-state index contributed by atoms with van der Waals surface area (Å²) in [5.41, 5.74) is 1.88. The first-order chi connectivity index (χ1) is 9.54. The highest BCUT2D eigenvalue weighted by atomic mass is 16.2. The first-order valence-corrected chi connectivity index (χ1v) is 7.15. The predicted molar refractivity (Wildman–Crippen MR) is 78.6 cm³/mol. The van der Waals surface area contributed by atoms with E-state index in [0.717, 1.165) is 19.3 Å². The molecule has 1 unspecified atom stereocenters. The van der Waals surface area contributed by atoms with Crippen molar-refractivity contribution >= 4 is 11.8 Å². The van der Waals surface area contributed by atoms with E-state index in [1.165, 1.54) is 5.56 Å². The number of benzene rings is 1. The van der Waals surface area contributed by atoms with E-state index < -0.39 is 0 Å². The van der Waals surface area contributed by atoms with Gasteiger partial charge in [-0.1, -0.05) is 19.1 Å². The first kappa shape index (κ1) is 14.6. The largest absolute Gasteiger partial charge is 0.347 e. The summed E-state index contributed by atoms with van der Waals surface area (Å²) in [6.45, 7) is 2.75. The van der Waals surface area contributed by atoms with Crippen LogP contribution in [0.15, 0.2) is 24.3 Å². The Labute approximate surface area is 120 Å². The van der Waals surface area contributed by atoms with Gasteiger partial charge in [-0.2, -0.15) is 0 Å². The smallest absolute Gasteiger partial charge is 0.254 e. The van der Waals surface area contributed by atoms with Crippen LogP contribution >= 0.6 is 0 Å². The molecule has 4 nitrogen and oxygen atoms in total. The van der Waals surface area contributed by atoms with E-state index in [0.29, 0.717) is 12.1 Å². The van der Waals surface area contributed by atoms with E-state index in [1.807, 2.05) is 24.3 Å². The third-order valence-corrected chi connectivity index (χ3v) is 3.85. The molecule has 1 fully saturated rings. The minimum absolute atomic E-state index is 0.0148. The lowest BCUT2D eigenvalue weighted by molar-refractivity contribution is -0.132. The van der Waals surface area contributed by atoms with Gasteiger partial charge in [0.2, 0.25) is 5.91 Å². The van der Waals surface area contributed by atoms with E-state index >= 15 is 0 Å². The van der Waals surface area contributed by atoms with Crippen molar-refractivity contribution in [2.45, 2.75) is 32.2 Å². The molecule has 2 amide bonds. The first-order valence-electron chi connectivity index (χ1n) is 7.15. The monoisotopic (exact) mass is 274 g/mol. The Balaban J connectivity index is 2.16. The van der Waals surface area contributed by atoms with Gasteiger partial charge < -0.3 is 9.80 Å². The molecule has 108 valence electrons. The van der Waals surface area contributed by atoms with E-state index in [4.69, 9.17) is 0 Å². The number of likely N-dealkylation sites (N-methyl/N-ethyl adjacent to an activating group) is 1. The summed E-state index contributed by atoms with van der Waals surface area (Å²) >= 11 is 0. The predicted octanol–water partition coefficient (Wildman–Crippen LogP) is 1.94. The molecular weight excluding hydrogens is 252 g/mol. The molecular formula is C16H22N2O2. The van der Waals surface area contributed by atoms with Crippen LogP contribution in [0.4, 0.5) is 0 Å². The Morgan fingerprint density at radius 2 is 1.90 bits per heavy atom. The van der Waals surface area contributed by atoms with Crippen LogP contribution in [0.25, 0.3) is 0 Å². The number of carbonyl (C=O) groups is 2. The molecule has 1 aliphatic rings. The standard InChI is InChI=1S/C16H22N2O2/c1-4-12-7-9-13(10-8-12)15(19)18-11-5-6-14(18)16(20)17(2)3/h7-10,14H,4-6,11H2,1-3H3. The van der Waals surface area contributed by atoms with E-state index in [-0.39, 0.29) is 17.9 Å². The van der Waals surface area contributed by atoms with Gasteiger partial charge in [0.15, 0.2) is 0 Å². The molecule has 4 heteroatoms. The van der Waals surface area contributed by atoms with Gasteiger partial charge in [0.05, 0.1) is 0 Å².